The SMILES string of the molecule is O=C(NCCc1cccnc1)C1(c2cccc(F)c2)CCCC1. The number of pyridine rings is 1. The van der Waals surface area contributed by atoms with Crippen molar-refractivity contribution in [1.29, 1.82) is 0 Å². The molecule has 0 spiro atoms. The highest BCUT2D eigenvalue weighted by Crippen LogP contribution is 2.41. The minimum absolute atomic E-state index is 0.0180. The van der Waals surface area contributed by atoms with Gasteiger partial charge in [-0.1, -0.05) is 31.0 Å². The molecule has 1 aliphatic rings. The number of benzene rings is 1. The summed E-state index contributed by atoms with van der Waals surface area (Å²) >= 11 is 0. The lowest BCUT2D eigenvalue weighted by Crippen LogP contribution is -2.43. The van der Waals surface area contributed by atoms with Crippen molar-refractivity contribution in [3.05, 3.63) is 65.7 Å². The van der Waals surface area contributed by atoms with Gasteiger partial charge in [0.2, 0.25) is 5.91 Å². The lowest BCUT2D eigenvalue weighted by atomic mass is 9.78. The molecule has 1 aromatic heterocycles. The fraction of sp³-hybridized carbons (Fsp3) is 0.368. The molecule has 0 radical (unpaired) electrons. The molecule has 0 saturated heterocycles. The average Bonchev–Trinajstić information content (AvgIpc) is 3.07. The summed E-state index contributed by atoms with van der Waals surface area (Å²) in [5, 5.41) is 3.04. The summed E-state index contributed by atoms with van der Waals surface area (Å²) in [7, 11) is 0. The van der Waals surface area contributed by atoms with E-state index in [9.17, 15) is 9.18 Å². The van der Waals surface area contributed by atoms with Crippen molar-refractivity contribution in [2.75, 3.05) is 6.54 Å². The molecule has 0 aliphatic heterocycles. The number of carbonyl (C=O) groups excluding carboxylic acids is 1. The number of aromatic nitrogens is 1. The highest BCUT2D eigenvalue weighted by Gasteiger charge is 2.42. The highest BCUT2D eigenvalue weighted by atomic mass is 19.1. The molecule has 1 saturated carbocycles. The van der Waals surface area contributed by atoms with Gasteiger partial charge in [-0.2, -0.15) is 0 Å². The zero-order valence-corrected chi connectivity index (χ0v) is 13.1. The van der Waals surface area contributed by atoms with E-state index in [4.69, 9.17) is 0 Å². The van der Waals surface area contributed by atoms with Crippen LogP contribution in [0, 0.1) is 5.82 Å². The van der Waals surface area contributed by atoms with E-state index < -0.39 is 5.41 Å². The molecule has 2 aromatic rings. The summed E-state index contributed by atoms with van der Waals surface area (Å²) in [5.74, 6) is -0.263. The van der Waals surface area contributed by atoms with Crippen molar-refractivity contribution in [2.24, 2.45) is 0 Å². The second-order valence-corrected chi connectivity index (χ2v) is 6.17. The van der Waals surface area contributed by atoms with E-state index in [-0.39, 0.29) is 11.7 Å². The number of halogens is 1. The number of amides is 1. The predicted molar refractivity (Wildman–Crippen MR) is 87.5 cm³/mol. The van der Waals surface area contributed by atoms with Crippen LogP contribution in [0.25, 0.3) is 0 Å². The van der Waals surface area contributed by atoms with Crippen molar-refractivity contribution in [2.45, 2.75) is 37.5 Å². The van der Waals surface area contributed by atoms with Crippen molar-refractivity contribution in [3.8, 4) is 0 Å². The Morgan fingerprint density at radius 1 is 1.22 bits per heavy atom. The summed E-state index contributed by atoms with van der Waals surface area (Å²) in [6.45, 7) is 0.571. The third-order valence-electron chi connectivity index (χ3n) is 4.69. The second kappa shape index (κ2) is 6.90. The number of hydrogen-bond acceptors (Lipinski definition) is 2. The van der Waals surface area contributed by atoms with Gasteiger partial charge in [-0.25, -0.2) is 4.39 Å². The van der Waals surface area contributed by atoms with Crippen LogP contribution in [0.3, 0.4) is 0 Å². The smallest absolute Gasteiger partial charge is 0.230 e. The summed E-state index contributed by atoms with van der Waals surface area (Å²) in [5.41, 5.74) is 1.32. The first kappa shape index (κ1) is 15.7. The highest BCUT2D eigenvalue weighted by molar-refractivity contribution is 5.88. The van der Waals surface area contributed by atoms with Crippen LogP contribution in [-0.2, 0) is 16.6 Å². The van der Waals surface area contributed by atoms with E-state index in [1.807, 2.05) is 24.4 Å². The minimum Gasteiger partial charge on any atom is -0.355 e. The van der Waals surface area contributed by atoms with Crippen molar-refractivity contribution in [1.82, 2.24) is 10.3 Å². The van der Waals surface area contributed by atoms with Crippen molar-refractivity contribution in [3.63, 3.8) is 0 Å². The molecule has 1 aromatic carbocycles. The van der Waals surface area contributed by atoms with Crippen LogP contribution >= 0.6 is 0 Å². The zero-order chi connectivity index (χ0) is 16.1. The Bertz CT molecular complexity index is 666. The van der Waals surface area contributed by atoms with Gasteiger partial charge >= 0.3 is 0 Å². The van der Waals surface area contributed by atoms with Crippen LogP contribution < -0.4 is 5.32 Å². The standard InChI is InChI=1S/C19H21FN2O/c20-17-7-3-6-16(13-17)19(9-1-2-10-19)18(23)22-12-8-15-5-4-11-21-14-15/h3-7,11,13-14H,1-2,8-10,12H2,(H,22,23). The Morgan fingerprint density at radius 2 is 2.04 bits per heavy atom. The van der Waals surface area contributed by atoms with Gasteiger partial charge in [0.15, 0.2) is 0 Å². The molecule has 0 atom stereocenters. The van der Waals surface area contributed by atoms with Gasteiger partial charge in [0, 0.05) is 18.9 Å². The lowest BCUT2D eigenvalue weighted by molar-refractivity contribution is -0.126. The van der Waals surface area contributed by atoms with Crippen molar-refractivity contribution >= 4 is 5.91 Å². The third kappa shape index (κ3) is 3.41. The van der Waals surface area contributed by atoms with Gasteiger partial charge in [-0.3, -0.25) is 9.78 Å². The third-order valence-corrected chi connectivity index (χ3v) is 4.69. The van der Waals surface area contributed by atoms with Crippen molar-refractivity contribution < 1.29 is 9.18 Å². The van der Waals surface area contributed by atoms with Gasteiger partial charge in [0.25, 0.3) is 0 Å². The largest absolute Gasteiger partial charge is 0.355 e. The molecule has 3 nitrogen and oxygen atoms in total. The number of nitrogens with zero attached hydrogens (tertiary/aromatic N) is 1. The molecular formula is C19H21FN2O. The second-order valence-electron chi connectivity index (χ2n) is 6.17. The zero-order valence-electron chi connectivity index (χ0n) is 13.1. The fourth-order valence-corrected chi connectivity index (χ4v) is 3.45. The Morgan fingerprint density at radius 3 is 2.74 bits per heavy atom. The van der Waals surface area contributed by atoms with E-state index in [2.05, 4.69) is 10.3 Å². The fourth-order valence-electron chi connectivity index (χ4n) is 3.45. The number of rotatable bonds is 5. The van der Waals surface area contributed by atoms with E-state index in [1.165, 1.54) is 12.1 Å². The monoisotopic (exact) mass is 312 g/mol. The Kier molecular flexibility index (Phi) is 4.70. The summed E-state index contributed by atoms with van der Waals surface area (Å²) in [6.07, 6.45) is 7.88. The maximum Gasteiger partial charge on any atom is 0.230 e. The Labute approximate surface area is 135 Å². The van der Waals surface area contributed by atoms with Gasteiger partial charge in [0.1, 0.15) is 5.82 Å². The number of hydrogen-bond donors (Lipinski definition) is 1. The molecule has 4 heteroatoms. The van der Waals surface area contributed by atoms with E-state index in [0.717, 1.165) is 43.2 Å². The molecule has 23 heavy (non-hydrogen) atoms. The van der Waals surface area contributed by atoms with Gasteiger partial charge in [-0.15, -0.1) is 0 Å². The molecule has 1 heterocycles. The molecular weight excluding hydrogens is 291 g/mol. The molecule has 1 N–H and O–H groups in total. The lowest BCUT2D eigenvalue weighted by Gasteiger charge is -2.28. The van der Waals surface area contributed by atoms with E-state index >= 15 is 0 Å². The molecule has 0 unspecified atom stereocenters. The molecule has 1 fully saturated rings. The van der Waals surface area contributed by atoms with Crippen LogP contribution in [0.4, 0.5) is 4.39 Å². The summed E-state index contributed by atoms with van der Waals surface area (Å²) in [4.78, 5) is 16.9. The summed E-state index contributed by atoms with van der Waals surface area (Å²) in [6, 6.07) is 10.4. The van der Waals surface area contributed by atoms with Crippen LogP contribution in [0.15, 0.2) is 48.8 Å². The maximum absolute atomic E-state index is 13.6. The first-order valence-corrected chi connectivity index (χ1v) is 8.14. The molecule has 0 bridgehead atoms. The molecule has 1 amide bonds. The van der Waals surface area contributed by atoms with Crippen LogP contribution in [0.1, 0.15) is 36.8 Å². The van der Waals surface area contributed by atoms with Crippen LogP contribution in [0.2, 0.25) is 0 Å². The van der Waals surface area contributed by atoms with Crippen LogP contribution in [0.5, 0.6) is 0 Å². The number of nitrogens with one attached hydrogen (secondary N) is 1. The predicted octanol–water partition coefficient (Wildman–Crippen LogP) is 3.39. The maximum atomic E-state index is 13.6. The van der Waals surface area contributed by atoms with E-state index in [0.29, 0.717) is 6.54 Å². The van der Waals surface area contributed by atoms with Crippen LogP contribution in [-0.4, -0.2) is 17.4 Å². The molecule has 120 valence electrons. The first-order chi connectivity index (χ1) is 11.2. The van der Waals surface area contributed by atoms with E-state index in [1.54, 1.807) is 12.3 Å². The normalized spacial score (nSPS) is 16.2. The summed E-state index contributed by atoms with van der Waals surface area (Å²) < 4.78 is 13.6. The quantitative estimate of drug-likeness (QED) is 0.919. The average molecular weight is 312 g/mol. The van der Waals surface area contributed by atoms with Gasteiger partial charge in [0.05, 0.1) is 5.41 Å². The Balaban J connectivity index is 1.70. The molecule has 3 rings (SSSR count). The van der Waals surface area contributed by atoms with Gasteiger partial charge < -0.3 is 5.32 Å². The molecule has 1 aliphatic carbocycles. The van der Waals surface area contributed by atoms with Gasteiger partial charge in [-0.05, 0) is 48.6 Å². The first-order valence-electron chi connectivity index (χ1n) is 8.14. The Hall–Kier alpha value is -2.23. The topological polar surface area (TPSA) is 42.0 Å². The minimum atomic E-state index is -0.572. The number of carbonyl (C=O) groups is 1.